The highest BCUT2D eigenvalue weighted by atomic mass is 16.5. The van der Waals surface area contributed by atoms with Crippen molar-refractivity contribution in [2.75, 3.05) is 13.7 Å². The molecule has 2 heterocycles. The normalized spacial score (nSPS) is 25.8. The molecule has 1 aliphatic carbocycles. The molecule has 0 unspecified atom stereocenters. The fourth-order valence-corrected chi connectivity index (χ4v) is 3.81. The van der Waals surface area contributed by atoms with Crippen molar-refractivity contribution >= 4 is 0 Å². The SMILES string of the molecule is COc1ccc2c(c1)C[C@@H](NC[C@H]1CC[C@@H](c3nc(C)no3)O1)CC2. The lowest BCUT2D eigenvalue weighted by atomic mass is 9.88. The van der Waals surface area contributed by atoms with E-state index < -0.39 is 0 Å². The monoisotopic (exact) mass is 343 g/mol. The fraction of sp³-hybridized carbons (Fsp3) is 0.579. The number of hydrogen-bond donors (Lipinski definition) is 1. The molecule has 0 radical (unpaired) electrons. The van der Waals surface area contributed by atoms with Crippen LogP contribution in [0.2, 0.25) is 0 Å². The molecule has 6 nitrogen and oxygen atoms in total. The van der Waals surface area contributed by atoms with E-state index in [0.29, 0.717) is 17.8 Å². The van der Waals surface area contributed by atoms with Crippen LogP contribution in [0.1, 0.15) is 48.2 Å². The molecule has 0 saturated carbocycles. The molecule has 2 aliphatic rings. The molecule has 0 amide bonds. The van der Waals surface area contributed by atoms with Crippen LogP contribution in [-0.4, -0.2) is 35.9 Å². The standard InChI is InChI=1S/C19H25N3O3/c1-12-21-19(25-22-12)18-8-7-17(24-18)11-20-15-5-3-13-4-6-16(23-2)10-14(13)9-15/h4,6,10,15,17-18,20H,3,5,7-9,11H2,1-2H3/t15-,17+,18-/m0/s1. The fourth-order valence-electron chi connectivity index (χ4n) is 3.81. The number of ether oxygens (including phenoxy) is 2. The Bertz CT molecular complexity index is 730. The van der Waals surface area contributed by atoms with Gasteiger partial charge in [-0.1, -0.05) is 11.2 Å². The van der Waals surface area contributed by atoms with E-state index in [1.54, 1.807) is 7.11 Å². The lowest BCUT2D eigenvalue weighted by Crippen LogP contribution is -2.39. The second-order valence-corrected chi connectivity index (χ2v) is 6.99. The largest absolute Gasteiger partial charge is 0.497 e. The van der Waals surface area contributed by atoms with Crippen molar-refractivity contribution in [2.24, 2.45) is 0 Å². The van der Waals surface area contributed by atoms with Gasteiger partial charge in [-0.05, 0) is 62.3 Å². The Morgan fingerprint density at radius 1 is 1.24 bits per heavy atom. The molecule has 4 rings (SSSR count). The zero-order chi connectivity index (χ0) is 17.2. The molecule has 0 bridgehead atoms. The van der Waals surface area contributed by atoms with Gasteiger partial charge in [-0.2, -0.15) is 4.98 Å². The van der Waals surface area contributed by atoms with Gasteiger partial charge in [0.25, 0.3) is 5.89 Å². The minimum atomic E-state index is -0.0515. The van der Waals surface area contributed by atoms with Gasteiger partial charge in [0.05, 0.1) is 13.2 Å². The van der Waals surface area contributed by atoms with Crippen LogP contribution in [0.5, 0.6) is 5.75 Å². The van der Waals surface area contributed by atoms with Gasteiger partial charge in [-0.3, -0.25) is 0 Å². The number of rotatable bonds is 5. The van der Waals surface area contributed by atoms with Crippen LogP contribution in [0.4, 0.5) is 0 Å². The van der Waals surface area contributed by atoms with Crippen molar-refractivity contribution in [3.63, 3.8) is 0 Å². The maximum atomic E-state index is 6.08. The molecule has 0 spiro atoms. The maximum Gasteiger partial charge on any atom is 0.255 e. The summed E-state index contributed by atoms with van der Waals surface area (Å²) < 4.78 is 16.7. The highest BCUT2D eigenvalue weighted by molar-refractivity contribution is 5.37. The number of benzene rings is 1. The van der Waals surface area contributed by atoms with E-state index in [0.717, 1.165) is 38.0 Å². The van der Waals surface area contributed by atoms with Crippen LogP contribution in [0.3, 0.4) is 0 Å². The smallest absolute Gasteiger partial charge is 0.255 e. The van der Waals surface area contributed by atoms with E-state index in [9.17, 15) is 0 Å². The summed E-state index contributed by atoms with van der Waals surface area (Å²) in [6.45, 7) is 2.70. The van der Waals surface area contributed by atoms with Crippen molar-refractivity contribution in [3.05, 3.63) is 41.0 Å². The Kier molecular flexibility index (Phi) is 4.72. The summed E-state index contributed by atoms with van der Waals surface area (Å²) in [6.07, 6.45) is 5.46. The summed E-state index contributed by atoms with van der Waals surface area (Å²) in [5.41, 5.74) is 2.84. The van der Waals surface area contributed by atoms with Crippen LogP contribution >= 0.6 is 0 Å². The second kappa shape index (κ2) is 7.14. The van der Waals surface area contributed by atoms with E-state index in [1.807, 2.05) is 6.92 Å². The summed E-state index contributed by atoms with van der Waals surface area (Å²) in [5.74, 6) is 2.21. The number of nitrogens with one attached hydrogen (secondary N) is 1. The minimum absolute atomic E-state index is 0.0515. The molecule has 2 aromatic rings. The Morgan fingerprint density at radius 3 is 2.96 bits per heavy atom. The Labute approximate surface area is 147 Å². The van der Waals surface area contributed by atoms with Gasteiger partial charge < -0.3 is 19.3 Å². The van der Waals surface area contributed by atoms with E-state index >= 15 is 0 Å². The first-order valence-corrected chi connectivity index (χ1v) is 9.06. The number of nitrogens with zero attached hydrogens (tertiary/aromatic N) is 2. The Hall–Kier alpha value is -1.92. The van der Waals surface area contributed by atoms with Crippen molar-refractivity contribution in [1.82, 2.24) is 15.5 Å². The molecule has 1 fully saturated rings. The van der Waals surface area contributed by atoms with Gasteiger partial charge in [-0.25, -0.2) is 0 Å². The van der Waals surface area contributed by atoms with E-state index in [1.165, 1.54) is 17.5 Å². The summed E-state index contributed by atoms with van der Waals surface area (Å²) in [5, 5.41) is 7.54. The van der Waals surface area contributed by atoms with Crippen molar-refractivity contribution in [1.29, 1.82) is 0 Å². The summed E-state index contributed by atoms with van der Waals surface area (Å²) in [6, 6.07) is 6.91. The first-order valence-electron chi connectivity index (χ1n) is 9.06. The predicted molar refractivity (Wildman–Crippen MR) is 92.7 cm³/mol. The molecule has 134 valence electrons. The van der Waals surface area contributed by atoms with Crippen molar-refractivity contribution < 1.29 is 14.0 Å². The number of methoxy groups -OCH3 is 1. The Balaban J connectivity index is 1.29. The van der Waals surface area contributed by atoms with Crippen LogP contribution in [0.25, 0.3) is 0 Å². The number of fused-ring (bicyclic) bond motifs is 1. The molecule has 25 heavy (non-hydrogen) atoms. The summed E-state index contributed by atoms with van der Waals surface area (Å²) in [4.78, 5) is 4.28. The predicted octanol–water partition coefficient (Wildman–Crippen LogP) is 2.75. The van der Waals surface area contributed by atoms with E-state index in [-0.39, 0.29) is 12.2 Å². The highest BCUT2D eigenvalue weighted by Crippen LogP contribution is 2.32. The molecular formula is C19H25N3O3. The van der Waals surface area contributed by atoms with Gasteiger partial charge in [0.15, 0.2) is 5.82 Å². The average Bonchev–Trinajstić information content (AvgIpc) is 3.28. The third kappa shape index (κ3) is 3.70. The van der Waals surface area contributed by atoms with E-state index in [4.69, 9.17) is 14.0 Å². The van der Waals surface area contributed by atoms with Crippen molar-refractivity contribution in [2.45, 2.75) is 57.3 Å². The summed E-state index contributed by atoms with van der Waals surface area (Å²) in [7, 11) is 1.72. The first kappa shape index (κ1) is 16.5. The highest BCUT2D eigenvalue weighted by Gasteiger charge is 2.31. The van der Waals surface area contributed by atoms with Gasteiger partial charge in [-0.15, -0.1) is 0 Å². The van der Waals surface area contributed by atoms with E-state index in [2.05, 4.69) is 33.7 Å². The zero-order valence-electron chi connectivity index (χ0n) is 14.8. The molecule has 1 aromatic carbocycles. The molecule has 1 N–H and O–H groups in total. The maximum absolute atomic E-state index is 6.08. The second-order valence-electron chi connectivity index (χ2n) is 6.99. The molecule has 1 saturated heterocycles. The van der Waals surface area contributed by atoms with Crippen molar-refractivity contribution in [3.8, 4) is 5.75 Å². The quantitative estimate of drug-likeness (QED) is 0.900. The third-order valence-electron chi connectivity index (χ3n) is 5.20. The first-order chi connectivity index (χ1) is 12.2. The number of aryl methyl sites for hydroxylation is 2. The van der Waals surface area contributed by atoms with Crippen LogP contribution in [-0.2, 0) is 17.6 Å². The Morgan fingerprint density at radius 2 is 2.16 bits per heavy atom. The van der Waals surface area contributed by atoms with Gasteiger partial charge >= 0.3 is 0 Å². The topological polar surface area (TPSA) is 69.4 Å². The number of aromatic nitrogens is 2. The molecular weight excluding hydrogens is 318 g/mol. The molecule has 3 atom stereocenters. The lowest BCUT2D eigenvalue weighted by molar-refractivity contribution is 0.0250. The minimum Gasteiger partial charge on any atom is -0.497 e. The molecule has 6 heteroatoms. The van der Waals surface area contributed by atoms with Crippen LogP contribution in [0, 0.1) is 6.92 Å². The zero-order valence-corrected chi connectivity index (χ0v) is 14.8. The van der Waals surface area contributed by atoms with Crippen LogP contribution in [0.15, 0.2) is 22.7 Å². The summed E-state index contributed by atoms with van der Waals surface area (Å²) >= 11 is 0. The average molecular weight is 343 g/mol. The molecule has 1 aliphatic heterocycles. The lowest BCUT2D eigenvalue weighted by Gasteiger charge is -2.27. The van der Waals surface area contributed by atoms with Gasteiger partial charge in [0.2, 0.25) is 0 Å². The van der Waals surface area contributed by atoms with Gasteiger partial charge in [0, 0.05) is 12.6 Å². The third-order valence-corrected chi connectivity index (χ3v) is 5.20. The van der Waals surface area contributed by atoms with Crippen LogP contribution < -0.4 is 10.1 Å². The molecule has 1 aromatic heterocycles. The van der Waals surface area contributed by atoms with Gasteiger partial charge in [0.1, 0.15) is 11.9 Å². The number of hydrogen-bond acceptors (Lipinski definition) is 6.